The molecule has 13 heteroatoms. The number of quaternary nitrogens is 1. The number of amides is 1. The number of aromatic nitrogens is 3. The van der Waals surface area contributed by atoms with Gasteiger partial charge >= 0.3 is 0 Å². The third kappa shape index (κ3) is 7.24. The molecule has 0 radical (unpaired) electrons. The quantitative estimate of drug-likeness (QED) is 0.169. The predicted octanol–water partition coefficient (Wildman–Crippen LogP) is 2.51. The molecule has 0 aliphatic carbocycles. The summed E-state index contributed by atoms with van der Waals surface area (Å²) in [5.41, 5.74) is 3.24. The molecule has 1 aliphatic rings. The molecular formula is C30H34F2N6O5. The van der Waals surface area contributed by atoms with Crippen LogP contribution in [0.4, 0.5) is 20.3 Å². The molecule has 2 aromatic heterocycles. The van der Waals surface area contributed by atoms with Gasteiger partial charge in [0.1, 0.15) is 6.54 Å². The summed E-state index contributed by atoms with van der Waals surface area (Å²) in [7, 11) is 7.64. The molecule has 3 heterocycles. The number of carbonyl (C=O) groups excluding carboxylic acids is 2. The number of imidazole rings is 1. The van der Waals surface area contributed by atoms with Gasteiger partial charge in [-0.1, -0.05) is 0 Å². The van der Waals surface area contributed by atoms with E-state index in [1.165, 1.54) is 25.4 Å². The normalized spacial score (nSPS) is 12.9. The summed E-state index contributed by atoms with van der Waals surface area (Å²) in [4.78, 5) is 32.0. The third-order valence-corrected chi connectivity index (χ3v) is 6.92. The van der Waals surface area contributed by atoms with E-state index in [0.29, 0.717) is 49.0 Å². The van der Waals surface area contributed by atoms with Crippen LogP contribution < -0.4 is 15.2 Å². The molecule has 0 bridgehead atoms. The van der Waals surface area contributed by atoms with Gasteiger partial charge < -0.3 is 34.1 Å². The number of nitrogens with zero attached hydrogens (tertiary/aromatic N) is 5. The van der Waals surface area contributed by atoms with Crippen LogP contribution in [0, 0.1) is 11.6 Å². The van der Waals surface area contributed by atoms with Gasteiger partial charge in [-0.25, -0.2) is 14.4 Å². The Kier molecular flexibility index (Phi) is 9.88. The van der Waals surface area contributed by atoms with Crippen molar-refractivity contribution < 1.29 is 37.4 Å². The van der Waals surface area contributed by atoms with E-state index in [4.69, 9.17) is 19.4 Å². The topological polar surface area (TPSA) is 121 Å². The fourth-order valence-corrected chi connectivity index (χ4v) is 4.67. The first-order valence-electron chi connectivity index (χ1n) is 13.6. The number of halogens is 2. The second-order valence-corrected chi connectivity index (χ2v) is 10.8. The molecule has 0 saturated carbocycles. The van der Waals surface area contributed by atoms with Crippen LogP contribution in [-0.2, 0) is 16.0 Å². The van der Waals surface area contributed by atoms with Crippen LogP contribution in [0.15, 0.2) is 48.9 Å². The monoisotopic (exact) mass is 596 g/mol. The van der Waals surface area contributed by atoms with Gasteiger partial charge in [-0.3, -0.25) is 9.20 Å². The molecule has 0 atom stereocenters. The Balaban J connectivity index is 0.00000135. The van der Waals surface area contributed by atoms with Crippen molar-refractivity contribution in [2.75, 3.05) is 66.4 Å². The van der Waals surface area contributed by atoms with Crippen molar-refractivity contribution in [1.82, 2.24) is 19.3 Å². The molecular weight excluding hydrogens is 562 g/mol. The number of fused-ring (bicyclic) bond motifs is 2. The Morgan fingerprint density at radius 3 is 2.56 bits per heavy atom. The molecule has 0 saturated heterocycles. The summed E-state index contributed by atoms with van der Waals surface area (Å²) in [6.07, 6.45) is 5.39. The van der Waals surface area contributed by atoms with Gasteiger partial charge in [0, 0.05) is 48.8 Å². The number of nitrogens with one attached hydrogen (secondary N) is 1. The summed E-state index contributed by atoms with van der Waals surface area (Å²) < 4.78 is 42.2. The first kappa shape index (κ1) is 31.3. The van der Waals surface area contributed by atoms with Crippen molar-refractivity contribution in [2.45, 2.75) is 6.42 Å². The van der Waals surface area contributed by atoms with Crippen molar-refractivity contribution in [1.29, 1.82) is 0 Å². The molecule has 4 aromatic rings. The van der Waals surface area contributed by atoms with Gasteiger partial charge in [-0.15, -0.1) is 0 Å². The lowest BCUT2D eigenvalue weighted by Gasteiger charge is -2.29. The van der Waals surface area contributed by atoms with Gasteiger partial charge in [0.2, 0.25) is 5.82 Å². The molecule has 0 fully saturated rings. The SMILES string of the molecule is COc1ccc(-c2cnc3c(Nc4ccc5c(c4)CCN(CCOCC[N+](C)(C)C)C5=O)nccn23)c(F)c1F.O=C[O-]. The minimum absolute atomic E-state index is 0.00474. The number of carbonyl (C=O) groups is 2. The number of ether oxygens (including phenoxy) is 2. The fraction of sp³-hybridized carbons (Fsp3) is 0.333. The van der Waals surface area contributed by atoms with Crippen molar-refractivity contribution in [3.63, 3.8) is 0 Å². The largest absolute Gasteiger partial charge is 0.554 e. The van der Waals surface area contributed by atoms with Crippen LogP contribution in [0.25, 0.3) is 16.9 Å². The fourth-order valence-electron chi connectivity index (χ4n) is 4.67. The number of rotatable bonds is 10. The second kappa shape index (κ2) is 13.6. The average molecular weight is 597 g/mol. The number of hydrogen-bond donors (Lipinski definition) is 1. The molecule has 228 valence electrons. The van der Waals surface area contributed by atoms with Crippen molar-refractivity contribution in [3.8, 4) is 17.0 Å². The predicted molar refractivity (Wildman–Crippen MR) is 154 cm³/mol. The number of anilines is 2. The molecule has 0 spiro atoms. The highest BCUT2D eigenvalue weighted by atomic mass is 19.2. The van der Waals surface area contributed by atoms with E-state index in [1.807, 2.05) is 23.1 Å². The van der Waals surface area contributed by atoms with Crippen LogP contribution in [0.1, 0.15) is 15.9 Å². The molecule has 1 N–H and O–H groups in total. The van der Waals surface area contributed by atoms with Crippen LogP contribution in [0.5, 0.6) is 5.75 Å². The molecule has 0 unspecified atom stereocenters. The van der Waals surface area contributed by atoms with E-state index >= 15 is 0 Å². The van der Waals surface area contributed by atoms with E-state index in [2.05, 4.69) is 36.4 Å². The number of benzene rings is 2. The summed E-state index contributed by atoms with van der Waals surface area (Å²) >= 11 is 0. The maximum absolute atomic E-state index is 14.8. The number of carboxylic acid groups (broad SMARTS) is 1. The Bertz CT molecular complexity index is 1600. The summed E-state index contributed by atoms with van der Waals surface area (Å²) in [5, 5.41) is 11.5. The van der Waals surface area contributed by atoms with Crippen molar-refractivity contribution in [3.05, 3.63) is 71.7 Å². The highest BCUT2D eigenvalue weighted by Gasteiger charge is 2.25. The molecule has 2 aromatic carbocycles. The van der Waals surface area contributed by atoms with E-state index in [-0.39, 0.29) is 17.2 Å². The molecule has 11 nitrogen and oxygen atoms in total. The van der Waals surface area contributed by atoms with Gasteiger partial charge in [0.05, 0.1) is 53.4 Å². The summed E-state index contributed by atoms with van der Waals surface area (Å²) in [6, 6.07) is 8.41. The van der Waals surface area contributed by atoms with Crippen LogP contribution >= 0.6 is 0 Å². The Hall–Kier alpha value is -4.62. The first-order valence-corrected chi connectivity index (χ1v) is 13.6. The Morgan fingerprint density at radius 1 is 1.09 bits per heavy atom. The third-order valence-electron chi connectivity index (χ3n) is 6.92. The van der Waals surface area contributed by atoms with Crippen molar-refractivity contribution >= 4 is 29.5 Å². The minimum Gasteiger partial charge on any atom is -0.554 e. The van der Waals surface area contributed by atoms with E-state index in [1.54, 1.807) is 16.8 Å². The van der Waals surface area contributed by atoms with E-state index in [0.717, 1.165) is 28.7 Å². The minimum atomic E-state index is -1.06. The summed E-state index contributed by atoms with van der Waals surface area (Å²) in [5.74, 6) is -1.81. The van der Waals surface area contributed by atoms with Crippen LogP contribution in [-0.4, -0.2) is 97.2 Å². The summed E-state index contributed by atoms with van der Waals surface area (Å²) in [6.45, 7) is 2.75. The average Bonchev–Trinajstić information content (AvgIpc) is 3.40. The lowest BCUT2D eigenvalue weighted by atomic mass is 9.98. The van der Waals surface area contributed by atoms with Gasteiger partial charge in [-0.2, -0.15) is 4.39 Å². The number of likely N-dealkylation sites (N-methyl/N-ethyl adjacent to an activating group) is 1. The zero-order valence-corrected chi connectivity index (χ0v) is 24.5. The molecule has 1 aliphatic heterocycles. The van der Waals surface area contributed by atoms with Crippen molar-refractivity contribution in [2.24, 2.45) is 0 Å². The lowest BCUT2D eigenvalue weighted by molar-refractivity contribution is -0.870. The lowest BCUT2D eigenvalue weighted by Crippen LogP contribution is -2.40. The Labute approximate surface area is 247 Å². The van der Waals surface area contributed by atoms with Crippen LogP contribution in [0.3, 0.4) is 0 Å². The molecule has 43 heavy (non-hydrogen) atoms. The van der Waals surface area contributed by atoms with Gasteiger partial charge in [0.25, 0.3) is 5.91 Å². The second-order valence-electron chi connectivity index (χ2n) is 10.8. The Morgan fingerprint density at radius 2 is 1.84 bits per heavy atom. The maximum atomic E-state index is 14.8. The van der Waals surface area contributed by atoms with E-state index in [9.17, 15) is 13.6 Å². The zero-order valence-electron chi connectivity index (χ0n) is 24.5. The highest BCUT2D eigenvalue weighted by molar-refractivity contribution is 5.97. The standard InChI is InChI=1S/C29H32F2N6O3.CH2O2/c1-37(2,3)14-16-40-15-13-35-11-9-19-17-20(5-6-21(19)29(35)38)34-27-28-33-18-23(36(28)12-10-32-27)22-7-8-24(39-4)26(31)25(22)30;2-1-3/h5-8,10,12,17-18H,9,11,13-16H2,1-4H3;1H,(H,2,3). The van der Waals surface area contributed by atoms with Gasteiger partial charge in [0.15, 0.2) is 23.0 Å². The van der Waals surface area contributed by atoms with E-state index < -0.39 is 18.1 Å². The van der Waals surface area contributed by atoms with Gasteiger partial charge in [-0.05, 0) is 42.3 Å². The van der Waals surface area contributed by atoms with Crippen LogP contribution in [0.2, 0.25) is 0 Å². The zero-order chi connectivity index (χ0) is 31.1. The number of hydrogen-bond acceptors (Lipinski definition) is 8. The maximum Gasteiger partial charge on any atom is 0.254 e. The number of methoxy groups -OCH3 is 1. The smallest absolute Gasteiger partial charge is 0.254 e. The highest BCUT2D eigenvalue weighted by Crippen LogP contribution is 2.32. The first-order chi connectivity index (χ1) is 20.6. The molecule has 1 amide bonds. The molecule has 5 rings (SSSR count).